The number of ether oxygens (including phenoxy) is 1. The molecule has 0 bridgehead atoms. The molecule has 1 heterocycles. The van der Waals surface area contributed by atoms with Gasteiger partial charge in [-0.1, -0.05) is 12.1 Å². The van der Waals surface area contributed by atoms with Crippen LogP contribution < -0.4 is 4.74 Å². The highest BCUT2D eigenvalue weighted by Crippen LogP contribution is 2.30. The van der Waals surface area contributed by atoms with Gasteiger partial charge in [0.25, 0.3) is 0 Å². The number of hydrogen-bond donors (Lipinski definition) is 0. The summed E-state index contributed by atoms with van der Waals surface area (Å²) in [5.74, 6) is 0.865. The van der Waals surface area contributed by atoms with Crippen molar-refractivity contribution in [2.75, 3.05) is 7.11 Å². The minimum Gasteiger partial charge on any atom is -0.496 e. The summed E-state index contributed by atoms with van der Waals surface area (Å²) in [4.78, 5) is 0. The third kappa shape index (κ3) is 2.18. The number of methoxy groups -OCH3 is 1. The molecule has 0 saturated heterocycles. The topological polar surface area (TPSA) is 27.1 Å². The van der Waals surface area contributed by atoms with Gasteiger partial charge < -0.3 is 4.74 Å². The quantitative estimate of drug-likeness (QED) is 0.807. The Morgan fingerprint density at radius 2 is 1.94 bits per heavy atom. The van der Waals surface area contributed by atoms with Crippen molar-refractivity contribution >= 4 is 0 Å². The van der Waals surface area contributed by atoms with Crippen molar-refractivity contribution in [2.45, 2.75) is 26.8 Å². The normalized spacial score (nSPS) is 10.9. The summed E-state index contributed by atoms with van der Waals surface area (Å²) in [7, 11) is 1.69. The van der Waals surface area contributed by atoms with Crippen LogP contribution in [0.3, 0.4) is 0 Å². The lowest BCUT2D eigenvalue weighted by atomic mass is 10.1. The maximum atomic E-state index is 5.38. The molecule has 0 radical (unpaired) electrons. The smallest absolute Gasteiger partial charge is 0.128 e. The van der Waals surface area contributed by atoms with E-state index in [1.807, 2.05) is 28.9 Å². The Kier molecular flexibility index (Phi) is 3.18. The highest BCUT2D eigenvalue weighted by Gasteiger charge is 2.12. The second-order valence-electron chi connectivity index (χ2n) is 4.43. The van der Waals surface area contributed by atoms with Gasteiger partial charge in [-0.3, -0.25) is 4.68 Å². The lowest BCUT2D eigenvalue weighted by molar-refractivity contribution is 0.416. The molecule has 0 aliphatic carbocycles. The molecule has 0 aliphatic heterocycles. The maximum absolute atomic E-state index is 5.38. The SMILES string of the molecule is COc1ccccc1-c1nn(C(C)C)cc1C. The van der Waals surface area contributed by atoms with Gasteiger partial charge in [0.1, 0.15) is 5.75 Å². The average Bonchev–Trinajstić information content (AvgIpc) is 2.71. The number of aryl methyl sites for hydroxylation is 1. The van der Waals surface area contributed by atoms with E-state index in [9.17, 15) is 0 Å². The van der Waals surface area contributed by atoms with Gasteiger partial charge in [0.15, 0.2) is 0 Å². The summed E-state index contributed by atoms with van der Waals surface area (Å²) < 4.78 is 7.36. The molecule has 0 atom stereocenters. The van der Waals surface area contributed by atoms with E-state index < -0.39 is 0 Å². The largest absolute Gasteiger partial charge is 0.496 e. The van der Waals surface area contributed by atoms with E-state index in [-0.39, 0.29) is 0 Å². The van der Waals surface area contributed by atoms with Gasteiger partial charge >= 0.3 is 0 Å². The summed E-state index contributed by atoms with van der Waals surface area (Å²) in [6.45, 7) is 6.32. The Hall–Kier alpha value is -1.77. The van der Waals surface area contributed by atoms with E-state index in [0.717, 1.165) is 17.0 Å². The number of rotatable bonds is 3. The van der Waals surface area contributed by atoms with Crippen molar-refractivity contribution in [3.05, 3.63) is 36.0 Å². The molecule has 1 aromatic carbocycles. The molecule has 17 heavy (non-hydrogen) atoms. The molecule has 2 rings (SSSR count). The molecule has 0 N–H and O–H groups in total. The van der Waals surface area contributed by atoms with Crippen molar-refractivity contribution in [1.29, 1.82) is 0 Å². The van der Waals surface area contributed by atoms with Crippen LogP contribution in [0.5, 0.6) is 5.75 Å². The molecule has 0 fully saturated rings. The predicted octanol–water partition coefficient (Wildman–Crippen LogP) is 3.45. The van der Waals surface area contributed by atoms with Crippen LogP contribution in [-0.2, 0) is 0 Å². The predicted molar refractivity (Wildman–Crippen MR) is 69.3 cm³/mol. The molecule has 0 amide bonds. The van der Waals surface area contributed by atoms with Crippen molar-refractivity contribution in [3.63, 3.8) is 0 Å². The molecule has 0 unspecified atom stereocenters. The highest BCUT2D eigenvalue weighted by molar-refractivity contribution is 5.69. The summed E-state index contributed by atoms with van der Waals surface area (Å²) in [6.07, 6.45) is 2.08. The Bertz CT molecular complexity index is 515. The first-order valence-corrected chi connectivity index (χ1v) is 5.82. The molecular formula is C14H18N2O. The zero-order valence-electron chi connectivity index (χ0n) is 10.8. The summed E-state index contributed by atoms with van der Waals surface area (Å²) >= 11 is 0. The van der Waals surface area contributed by atoms with Gasteiger partial charge in [-0.15, -0.1) is 0 Å². The fraction of sp³-hybridized carbons (Fsp3) is 0.357. The lowest BCUT2D eigenvalue weighted by Crippen LogP contribution is -2.00. The summed E-state index contributed by atoms with van der Waals surface area (Å²) in [5, 5.41) is 4.62. The maximum Gasteiger partial charge on any atom is 0.128 e. The molecular weight excluding hydrogens is 212 g/mol. The van der Waals surface area contributed by atoms with Crippen molar-refractivity contribution < 1.29 is 4.74 Å². The first-order valence-electron chi connectivity index (χ1n) is 5.82. The Morgan fingerprint density at radius 1 is 1.24 bits per heavy atom. The summed E-state index contributed by atoms with van der Waals surface area (Å²) in [6, 6.07) is 8.35. The first kappa shape index (κ1) is 11.7. The van der Waals surface area contributed by atoms with Crippen LogP contribution in [0.2, 0.25) is 0 Å². The van der Waals surface area contributed by atoms with Crippen LogP contribution in [0.4, 0.5) is 0 Å². The fourth-order valence-electron chi connectivity index (χ4n) is 1.85. The van der Waals surface area contributed by atoms with Crippen molar-refractivity contribution in [2.24, 2.45) is 0 Å². The Morgan fingerprint density at radius 3 is 2.53 bits per heavy atom. The van der Waals surface area contributed by atoms with Gasteiger partial charge in [0, 0.05) is 17.8 Å². The van der Waals surface area contributed by atoms with E-state index in [1.54, 1.807) is 7.11 Å². The van der Waals surface area contributed by atoms with Gasteiger partial charge in [-0.25, -0.2) is 0 Å². The van der Waals surface area contributed by atoms with E-state index in [0.29, 0.717) is 6.04 Å². The second kappa shape index (κ2) is 4.62. The first-order chi connectivity index (χ1) is 8.13. The molecule has 3 nitrogen and oxygen atoms in total. The van der Waals surface area contributed by atoms with E-state index in [1.165, 1.54) is 5.56 Å². The average molecular weight is 230 g/mol. The molecule has 3 heteroatoms. The van der Waals surface area contributed by atoms with E-state index in [2.05, 4.69) is 32.1 Å². The fourth-order valence-corrected chi connectivity index (χ4v) is 1.85. The molecule has 90 valence electrons. The van der Waals surface area contributed by atoms with Crippen LogP contribution in [0.15, 0.2) is 30.5 Å². The van der Waals surface area contributed by atoms with Gasteiger partial charge in [0.05, 0.1) is 12.8 Å². The zero-order valence-corrected chi connectivity index (χ0v) is 10.8. The van der Waals surface area contributed by atoms with Crippen LogP contribution >= 0.6 is 0 Å². The van der Waals surface area contributed by atoms with Crippen LogP contribution in [-0.4, -0.2) is 16.9 Å². The monoisotopic (exact) mass is 230 g/mol. The Balaban J connectivity index is 2.52. The number of nitrogens with zero attached hydrogens (tertiary/aromatic N) is 2. The minimum atomic E-state index is 0.372. The Labute approximate surface area is 102 Å². The van der Waals surface area contributed by atoms with Crippen molar-refractivity contribution in [1.82, 2.24) is 9.78 Å². The number of benzene rings is 1. The van der Waals surface area contributed by atoms with E-state index >= 15 is 0 Å². The highest BCUT2D eigenvalue weighted by atomic mass is 16.5. The number of hydrogen-bond acceptors (Lipinski definition) is 2. The molecule has 0 saturated carbocycles. The van der Waals surface area contributed by atoms with Gasteiger partial charge in [-0.2, -0.15) is 5.10 Å². The zero-order chi connectivity index (χ0) is 12.4. The molecule has 0 aliphatic rings. The third-order valence-electron chi connectivity index (χ3n) is 2.81. The number of aromatic nitrogens is 2. The standard InChI is InChI=1S/C14H18N2O/c1-10(2)16-9-11(3)14(15-16)12-7-5-6-8-13(12)17-4/h5-10H,1-4H3. The molecule has 0 spiro atoms. The molecule has 1 aromatic heterocycles. The van der Waals surface area contributed by atoms with Crippen LogP contribution in [0, 0.1) is 6.92 Å². The third-order valence-corrected chi connectivity index (χ3v) is 2.81. The van der Waals surface area contributed by atoms with Crippen molar-refractivity contribution in [3.8, 4) is 17.0 Å². The summed E-state index contributed by atoms with van der Waals surface area (Å²) in [5.41, 5.74) is 3.21. The van der Waals surface area contributed by atoms with E-state index in [4.69, 9.17) is 4.74 Å². The van der Waals surface area contributed by atoms with Gasteiger partial charge in [-0.05, 0) is 38.5 Å². The lowest BCUT2D eigenvalue weighted by Gasteiger charge is -2.07. The minimum absolute atomic E-state index is 0.372. The molecule has 2 aromatic rings. The van der Waals surface area contributed by atoms with Gasteiger partial charge in [0.2, 0.25) is 0 Å². The number of para-hydroxylation sites is 1. The second-order valence-corrected chi connectivity index (χ2v) is 4.43. The van der Waals surface area contributed by atoms with Crippen LogP contribution in [0.25, 0.3) is 11.3 Å². The van der Waals surface area contributed by atoms with Crippen LogP contribution in [0.1, 0.15) is 25.5 Å².